The summed E-state index contributed by atoms with van der Waals surface area (Å²) >= 11 is 0. The second kappa shape index (κ2) is 12.8. The summed E-state index contributed by atoms with van der Waals surface area (Å²) in [5.74, 6) is 1.92. The zero-order valence-electron chi connectivity index (χ0n) is 24.6. The molecule has 0 spiro atoms. The summed E-state index contributed by atoms with van der Waals surface area (Å²) < 4.78 is 23.1. The Morgan fingerprint density at radius 2 is 1.77 bits per heavy atom. The van der Waals surface area contributed by atoms with Gasteiger partial charge in [0.05, 0.1) is 18.3 Å². The van der Waals surface area contributed by atoms with Gasteiger partial charge in [-0.05, 0) is 73.1 Å². The number of imide groups is 1. The van der Waals surface area contributed by atoms with Gasteiger partial charge in [0.1, 0.15) is 24.2 Å². The fourth-order valence-electron chi connectivity index (χ4n) is 6.09. The van der Waals surface area contributed by atoms with Crippen molar-refractivity contribution >= 4 is 12.0 Å². The number of benzene rings is 3. The van der Waals surface area contributed by atoms with Crippen LogP contribution >= 0.6 is 0 Å². The topological polar surface area (TPSA) is 91.1 Å². The number of ether oxygens (including phenoxy) is 3. The van der Waals surface area contributed by atoms with E-state index in [9.17, 15) is 9.59 Å². The summed E-state index contributed by atoms with van der Waals surface area (Å²) in [5.41, 5.74) is 6.32. The summed E-state index contributed by atoms with van der Waals surface area (Å²) in [7, 11) is 1.52. The Hall–Kier alpha value is -4.43. The maximum Gasteiger partial charge on any atom is 0.417 e. The third-order valence-corrected chi connectivity index (χ3v) is 8.33. The van der Waals surface area contributed by atoms with Crippen LogP contribution < -0.4 is 4.74 Å². The predicted molar refractivity (Wildman–Crippen MR) is 161 cm³/mol. The molecule has 1 aliphatic carbocycles. The van der Waals surface area contributed by atoms with Crippen LogP contribution in [0.15, 0.2) is 77.2 Å². The molecule has 2 atom stereocenters. The minimum Gasteiger partial charge on any atom is -0.493 e. The van der Waals surface area contributed by atoms with E-state index in [1.54, 1.807) is 0 Å². The second-order valence-electron chi connectivity index (χ2n) is 11.1. The SMILES string of the molecule is COC(Cc1ccc(OCCc2nc(-c3ccccc3)oc2C)c2c1CCC2)C(=O)N1C(=O)OC[C@@H]1Cc1ccccc1. The first-order valence-corrected chi connectivity index (χ1v) is 14.9. The van der Waals surface area contributed by atoms with E-state index >= 15 is 0 Å². The molecule has 4 aromatic rings. The molecule has 0 radical (unpaired) electrons. The summed E-state index contributed by atoms with van der Waals surface area (Å²) in [6.45, 7) is 2.59. The number of aromatic nitrogens is 1. The number of carbonyl (C=O) groups excluding carboxylic acids is 2. The minimum atomic E-state index is -0.797. The summed E-state index contributed by atoms with van der Waals surface area (Å²) in [4.78, 5) is 32.2. The minimum absolute atomic E-state index is 0.179. The standard InChI is InChI=1S/C35H36N2O6/c1-23-30(36-33(43-23)25-12-7-4-8-13-25)18-19-41-31-17-16-26(28-14-9-15-29(28)31)21-32(40-2)34(38)37-27(22-42-35(37)39)20-24-10-5-3-6-11-24/h3-8,10-13,16-17,27,32H,9,14-15,18-22H2,1-2H3/t27-,32?/m0/s1. The maximum atomic E-state index is 13.6. The maximum absolute atomic E-state index is 13.6. The molecule has 0 bridgehead atoms. The van der Waals surface area contributed by atoms with Crippen LogP contribution in [0.25, 0.3) is 11.5 Å². The van der Waals surface area contributed by atoms with E-state index in [0.717, 1.165) is 53.2 Å². The van der Waals surface area contributed by atoms with E-state index in [1.807, 2.05) is 79.7 Å². The lowest BCUT2D eigenvalue weighted by Gasteiger charge is -2.25. The second-order valence-corrected chi connectivity index (χ2v) is 11.1. The molecular weight excluding hydrogens is 544 g/mol. The first-order valence-electron chi connectivity index (χ1n) is 14.9. The number of aryl methyl sites for hydroxylation is 1. The van der Waals surface area contributed by atoms with E-state index in [4.69, 9.17) is 23.6 Å². The Morgan fingerprint density at radius 3 is 2.53 bits per heavy atom. The van der Waals surface area contributed by atoms with Crippen molar-refractivity contribution in [3.8, 4) is 17.2 Å². The highest BCUT2D eigenvalue weighted by atomic mass is 16.6. The van der Waals surface area contributed by atoms with Crippen LogP contribution in [-0.4, -0.2) is 54.4 Å². The smallest absolute Gasteiger partial charge is 0.417 e. The van der Waals surface area contributed by atoms with Crippen molar-refractivity contribution in [1.82, 2.24) is 9.88 Å². The Balaban J connectivity index is 1.12. The molecule has 43 heavy (non-hydrogen) atoms. The monoisotopic (exact) mass is 580 g/mol. The van der Waals surface area contributed by atoms with Crippen LogP contribution in [0.5, 0.6) is 5.75 Å². The van der Waals surface area contributed by atoms with Crippen molar-refractivity contribution in [3.05, 3.63) is 107 Å². The van der Waals surface area contributed by atoms with Gasteiger partial charge in [-0.1, -0.05) is 54.6 Å². The van der Waals surface area contributed by atoms with E-state index in [-0.39, 0.29) is 18.6 Å². The van der Waals surface area contributed by atoms with E-state index in [0.29, 0.717) is 31.8 Å². The molecule has 2 aliphatic rings. The van der Waals surface area contributed by atoms with Crippen molar-refractivity contribution in [2.45, 2.75) is 57.6 Å². The Kier molecular flexibility index (Phi) is 8.56. The zero-order chi connectivity index (χ0) is 29.8. The van der Waals surface area contributed by atoms with Gasteiger partial charge in [0.2, 0.25) is 5.89 Å². The molecule has 1 aromatic heterocycles. The lowest BCUT2D eigenvalue weighted by atomic mass is 9.96. The molecule has 1 aliphatic heterocycles. The fraction of sp³-hybridized carbons (Fsp3) is 0.343. The van der Waals surface area contributed by atoms with Crippen LogP contribution in [0.1, 0.15) is 40.1 Å². The third kappa shape index (κ3) is 6.20. The lowest BCUT2D eigenvalue weighted by Crippen LogP contribution is -2.47. The number of hydrogen-bond donors (Lipinski definition) is 0. The van der Waals surface area contributed by atoms with Gasteiger partial charge in [0.25, 0.3) is 5.91 Å². The zero-order valence-corrected chi connectivity index (χ0v) is 24.6. The quantitative estimate of drug-likeness (QED) is 0.218. The number of fused-ring (bicyclic) bond motifs is 1. The number of amides is 2. The summed E-state index contributed by atoms with van der Waals surface area (Å²) in [6, 6.07) is 23.3. The lowest BCUT2D eigenvalue weighted by molar-refractivity contribution is -0.139. The van der Waals surface area contributed by atoms with E-state index < -0.39 is 12.2 Å². The molecule has 2 amide bonds. The molecule has 0 saturated carbocycles. The van der Waals surface area contributed by atoms with E-state index in [2.05, 4.69) is 0 Å². The van der Waals surface area contributed by atoms with Crippen molar-refractivity contribution in [3.63, 3.8) is 0 Å². The normalized spacial score (nSPS) is 16.7. The molecule has 0 N–H and O–H groups in total. The first kappa shape index (κ1) is 28.7. The molecule has 222 valence electrons. The predicted octanol–water partition coefficient (Wildman–Crippen LogP) is 5.91. The van der Waals surface area contributed by atoms with Gasteiger partial charge >= 0.3 is 6.09 Å². The summed E-state index contributed by atoms with van der Waals surface area (Å²) in [6.07, 6.45) is 3.00. The highest BCUT2D eigenvalue weighted by Crippen LogP contribution is 2.35. The van der Waals surface area contributed by atoms with Gasteiger partial charge in [0, 0.05) is 25.5 Å². The molecule has 8 heteroatoms. The van der Waals surface area contributed by atoms with Gasteiger partial charge < -0.3 is 18.6 Å². The van der Waals surface area contributed by atoms with Crippen molar-refractivity contribution in [2.75, 3.05) is 20.3 Å². The molecule has 1 fully saturated rings. The van der Waals surface area contributed by atoms with Crippen molar-refractivity contribution in [1.29, 1.82) is 0 Å². The number of oxazole rings is 1. The molecular formula is C35H36N2O6. The molecule has 8 nitrogen and oxygen atoms in total. The fourth-order valence-corrected chi connectivity index (χ4v) is 6.09. The van der Waals surface area contributed by atoms with Gasteiger partial charge in [-0.2, -0.15) is 0 Å². The molecule has 3 aromatic carbocycles. The van der Waals surface area contributed by atoms with Gasteiger partial charge in [-0.25, -0.2) is 14.7 Å². The average molecular weight is 581 g/mol. The molecule has 2 heterocycles. The largest absolute Gasteiger partial charge is 0.493 e. The van der Waals surface area contributed by atoms with Crippen LogP contribution in [-0.2, 0) is 46.4 Å². The first-order chi connectivity index (χ1) is 21.0. The average Bonchev–Trinajstić information content (AvgIpc) is 3.76. The summed E-state index contributed by atoms with van der Waals surface area (Å²) in [5, 5.41) is 0. The van der Waals surface area contributed by atoms with Crippen molar-refractivity contribution < 1.29 is 28.2 Å². The Bertz CT molecular complexity index is 1580. The van der Waals surface area contributed by atoms with Crippen LogP contribution in [0, 0.1) is 6.92 Å². The Labute approximate surface area is 251 Å². The number of carbonyl (C=O) groups is 2. The van der Waals surface area contributed by atoms with Crippen LogP contribution in [0.3, 0.4) is 0 Å². The van der Waals surface area contributed by atoms with E-state index in [1.165, 1.54) is 23.1 Å². The number of hydrogen-bond acceptors (Lipinski definition) is 7. The van der Waals surface area contributed by atoms with Crippen LogP contribution in [0.4, 0.5) is 4.79 Å². The molecule has 6 rings (SSSR count). The highest BCUT2D eigenvalue weighted by Gasteiger charge is 2.41. The van der Waals surface area contributed by atoms with Gasteiger partial charge in [0.15, 0.2) is 0 Å². The molecule has 1 unspecified atom stereocenters. The van der Waals surface area contributed by atoms with Crippen LogP contribution in [0.2, 0.25) is 0 Å². The van der Waals surface area contributed by atoms with Gasteiger partial charge in [-0.3, -0.25) is 4.79 Å². The molecule has 1 saturated heterocycles. The Morgan fingerprint density at radius 1 is 1.02 bits per heavy atom. The number of cyclic esters (lactones) is 1. The van der Waals surface area contributed by atoms with Crippen molar-refractivity contribution in [2.24, 2.45) is 0 Å². The number of nitrogens with zero attached hydrogens (tertiary/aromatic N) is 2. The number of rotatable bonds is 11. The highest BCUT2D eigenvalue weighted by molar-refractivity contribution is 5.96. The third-order valence-electron chi connectivity index (χ3n) is 8.33. The number of methoxy groups -OCH3 is 1. The van der Waals surface area contributed by atoms with Gasteiger partial charge in [-0.15, -0.1) is 0 Å².